The molecule has 1 saturated heterocycles. The van der Waals surface area contributed by atoms with Gasteiger partial charge in [-0.1, -0.05) is 0 Å². The number of esters is 1. The van der Waals surface area contributed by atoms with Crippen LogP contribution in [0.3, 0.4) is 0 Å². The Morgan fingerprint density at radius 2 is 1.52 bits per heavy atom. The number of carbonyl (C=O) groups excluding carboxylic acids is 2. The summed E-state index contributed by atoms with van der Waals surface area (Å²) in [5, 5.41) is 0. The molecular formula is C34H55NO4Sn. The predicted molar refractivity (Wildman–Crippen MR) is 167 cm³/mol. The van der Waals surface area contributed by atoms with E-state index >= 15 is 0 Å². The first kappa shape index (κ1) is 33.0. The van der Waals surface area contributed by atoms with Crippen LogP contribution in [0.25, 0.3) is 0 Å². The third-order valence-electron chi connectivity index (χ3n) is 8.72. The number of nitrogens with zero attached hydrogens (tertiary/aromatic N) is 1. The van der Waals surface area contributed by atoms with E-state index < -0.39 is 35.6 Å². The number of hydrogen-bond donors (Lipinski definition) is 0. The van der Waals surface area contributed by atoms with Crippen LogP contribution in [0.4, 0.5) is 4.79 Å². The van der Waals surface area contributed by atoms with Gasteiger partial charge in [-0.3, -0.25) is 0 Å². The van der Waals surface area contributed by atoms with Crippen molar-refractivity contribution in [1.29, 1.82) is 0 Å². The zero-order valence-corrected chi connectivity index (χ0v) is 29.1. The van der Waals surface area contributed by atoms with E-state index in [0.29, 0.717) is 6.54 Å². The molecule has 40 heavy (non-hydrogen) atoms. The van der Waals surface area contributed by atoms with Crippen molar-refractivity contribution >= 4 is 30.4 Å². The fourth-order valence-corrected chi connectivity index (χ4v) is 22.9. The van der Waals surface area contributed by atoms with Crippen molar-refractivity contribution in [1.82, 2.24) is 4.90 Å². The molecule has 1 amide bonds. The Morgan fingerprint density at radius 1 is 0.950 bits per heavy atom. The van der Waals surface area contributed by atoms with Crippen LogP contribution in [0.2, 0.25) is 13.3 Å². The number of hydrogen-bond acceptors (Lipinski definition) is 4. The maximum absolute atomic E-state index is 14.2. The van der Waals surface area contributed by atoms with Gasteiger partial charge in [-0.05, 0) is 0 Å². The van der Waals surface area contributed by atoms with Gasteiger partial charge in [0.15, 0.2) is 0 Å². The summed E-state index contributed by atoms with van der Waals surface area (Å²) in [5.41, 5.74) is -0.456. The molecular weight excluding hydrogens is 605 g/mol. The van der Waals surface area contributed by atoms with Crippen LogP contribution in [0.15, 0.2) is 40.0 Å². The molecule has 0 unspecified atom stereocenters. The minimum atomic E-state index is -3.09. The number of ether oxygens (including phenoxy) is 2. The van der Waals surface area contributed by atoms with E-state index in [0.717, 1.165) is 60.5 Å². The van der Waals surface area contributed by atoms with Gasteiger partial charge >= 0.3 is 249 Å². The molecule has 6 heteroatoms. The second kappa shape index (κ2) is 15.1. The fourth-order valence-electron chi connectivity index (χ4n) is 6.69. The normalized spacial score (nSPS) is 22.4. The van der Waals surface area contributed by atoms with Gasteiger partial charge in [0.2, 0.25) is 0 Å². The van der Waals surface area contributed by atoms with E-state index in [1.54, 1.807) is 0 Å². The maximum atomic E-state index is 14.2. The Labute approximate surface area is 248 Å². The van der Waals surface area contributed by atoms with Crippen LogP contribution in [-0.2, 0) is 14.3 Å². The first-order valence-electron chi connectivity index (χ1n) is 16.1. The number of unbranched alkanes of at least 4 members (excludes halogenated alkanes) is 3. The first-order valence-corrected chi connectivity index (χ1v) is 23.6. The summed E-state index contributed by atoms with van der Waals surface area (Å²) in [4.78, 5) is 29.9. The Balaban J connectivity index is 2.22. The molecule has 1 spiro atoms. The summed E-state index contributed by atoms with van der Waals surface area (Å²) < 4.78 is 17.4. The predicted octanol–water partition coefficient (Wildman–Crippen LogP) is 9.54. The Morgan fingerprint density at radius 3 is 2.08 bits per heavy atom. The Hall–Kier alpha value is -1.50. The fraction of sp³-hybridized carbons (Fsp3) is 0.706. The summed E-state index contributed by atoms with van der Waals surface area (Å²) in [5.74, 6) is -0.0802. The second-order valence-electron chi connectivity index (χ2n) is 13.1. The average Bonchev–Trinajstić information content (AvgIpc) is 3.29. The summed E-state index contributed by atoms with van der Waals surface area (Å²) in [6, 6.07) is 9.82. The van der Waals surface area contributed by atoms with Crippen molar-refractivity contribution in [3.8, 4) is 0 Å². The number of rotatable bonds is 11. The first-order chi connectivity index (χ1) is 19.1. The number of benzene rings is 1. The van der Waals surface area contributed by atoms with Crippen molar-refractivity contribution < 1.29 is 19.1 Å². The van der Waals surface area contributed by atoms with Crippen LogP contribution in [-0.4, -0.2) is 53.1 Å². The topological polar surface area (TPSA) is 55.8 Å². The molecule has 0 N–H and O–H groups in total. The van der Waals surface area contributed by atoms with Gasteiger partial charge in [-0.25, -0.2) is 0 Å². The standard InChI is InChI=1S/C22H28NO4.3C4H9.Sn/c1-21(2,3)27-20(25)23-16-10-5-4-9-14-22(15-13-18(24)26-22)19(23)17-11-7-6-8-12-17;3*1-3-4-2;/h6-8,11-12,15,19H,4-5,9-10,14,16H2,1-3H3;3*1,3-4H2,2H3;/t19-,22+;;;;/m0..../s1. The molecule has 1 aromatic rings. The zero-order valence-electron chi connectivity index (χ0n) is 26.2. The monoisotopic (exact) mass is 661 g/mol. The molecule has 224 valence electrons. The van der Waals surface area contributed by atoms with Crippen molar-refractivity contribution in [3.63, 3.8) is 0 Å². The molecule has 5 nitrogen and oxygen atoms in total. The third kappa shape index (κ3) is 8.29. The Bertz CT molecular complexity index is 964. The van der Waals surface area contributed by atoms with Crippen molar-refractivity contribution in [2.45, 2.75) is 143 Å². The molecule has 1 aromatic carbocycles. The molecule has 0 aliphatic carbocycles. The van der Waals surface area contributed by atoms with Gasteiger partial charge < -0.3 is 0 Å². The van der Waals surface area contributed by atoms with E-state index in [2.05, 4.69) is 39.0 Å². The summed E-state index contributed by atoms with van der Waals surface area (Å²) in [6.45, 7) is 13.1. The van der Waals surface area contributed by atoms with Gasteiger partial charge in [0, 0.05) is 0 Å². The van der Waals surface area contributed by atoms with E-state index in [4.69, 9.17) is 9.47 Å². The average molecular weight is 661 g/mol. The van der Waals surface area contributed by atoms with Gasteiger partial charge in [-0.15, -0.1) is 0 Å². The van der Waals surface area contributed by atoms with E-state index in [9.17, 15) is 9.59 Å². The van der Waals surface area contributed by atoms with Gasteiger partial charge in [0.1, 0.15) is 0 Å². The summed E-state index contributed by atoms with van der Waals surface area (Å²) >= 11 is -3.09. The van der Waals surface area contributed by atoms with Crippen LogP contribution >= 0.6 is 0 Å². The third-order valence-corrected chi connectivity index (χ3v) is 24.2. The van der Waals surface area contributed by atoms with Gasteiger partial charge in [0.05, 0.1) is 0 Å². The molecule has 0 aromatic heterocycles. The zero-order chi connectivity index (χ0) is 29.2. The summed E-state index contributed by atoms with van der Waals surface area (Å²) in [7, 11) is 0. The van der Waals surface area contributed by atoms with E-state index in [1.165, 1.54) is 32.6 Å². The van der Waals surface area contributed by atoms with E-state index in [1.807, 2.05) is 43.9 Å². The quantitative estimate of drug-likeness (QED) is 0.175. The molecule has 2 aliphatic heterocycles. The SMILES string of the molecule is CCC[CH2][Sn]([CH2]CCC)([CH2]CCC)[C]1=C[C@@]2(CCCCCCN(C(=O)OC(C)(C)C)[C@H]2c2ccccc2)OC1=O. The minimum absolute atomic E-state index is 0.0802. The molecule has 3 rings (SSSR count). The Kier molecular flexibility index (Phi) is 12.5. The molecule has 2 atom stereocenters. The molecule has 0 radical (unpaired) electrons. The van der Waals surface area contributed by atoms with Crippen molar-refractivity contribution in [2.24, 2.45) is 0 Å². The molecule has 2 heterocycles. The molecule has 0 saturated carbocycles. The molecule has 0 bridgehead atoms. The molecule has 1 fully saturated rings. The second-order valence-corrected chi connectivity index (χ2v) is 26.3. The molecule has 2 aliphatic rings. The number of amides is 1. The van der Waals surface area contributed by atoms with Crippen molar-refractivity contribution in [3.05, 3.63) is 45.6 Å². The van der Waals surface area contributed by atoms with Crippen molar-refractivity contribution in [2.75, 3.05) is 6.54 Å². The van der Waals surface area contributed by atoms with Crippen LogP contribution in [0, 0.1) is 0 Å². The van der Waals surface area contributed by atoms with Crippen LogP contribution < -0.4 is 0 Å². The van der Waals surface area contributed by atoms with Crippen LogP contribution in [0.5, 0.6) is 0 Å². The summed E-state index contributed by atoms with van der Waals surface area (Å²) in [6.07, 6.45) is 13.8. The number of carbonyl (C=O) groups is 2. The van der Waals surface area contributed by atoms with E-state index in [-0.39, 0.29) is 12.1 Å². The van der Waals surface area contributed by atoms with Gasteiger partial charge in [0.25, 0.3) is 0 Å². The van der Waals surface area contributed by atoms with Crippen LogP contribution in [0.1, 0.15) is 124 Å². The van der Waals surface area contributed by atoms with Gasteiger partial charge in [-0.2, -0.15) is 0 Å².